The van der Waals surface area contributed by atoms with Gasteiger partial charge in [-0.3, -0.25) is 4.79 Å². The second kappa shape index (κ2) is 9.69. The van der Waals surface area contributed by atoms with E-state index in [1.54, 1.807) is 42.5 Å². The van der Waals surface area contributed by atoms with Crippen LogP contribution < -0.4 is 9.50 Å². The van der Waals surface area contributed by atoms with E-state index in [0.717, 1.165) is 11.1 Å². The first kappa shape index (κ1) is 23.1. The van der Waals surface area contributed by atoms with Crippen molar-refractivity contribution in [1.82, 2.24) is 0 Å². The topological polar surface area (TPSA) is 96.3 Å². The first-order valence-corrected chi connectivity index (χ1v) is 11.3. The normalized spacial score (nSPS) is 11.5. The Bertz CT molecular complexity index is 1320. The van der Waals surface area contributed by atoms with Crippen molar-refractivity contribution in [2.45, 2.75) is 18.7 Å². The molecule has 0 aromatic heterocycles. The maximum atomic E-state index is 12.5. The molecule has 1 amide bonds. The molecule has 0 fully saturated rings. The zero-order valence-corrected chi connectivity index (χ0v) is 18.9. The molecule has 0 aliphatic carbocycles. The van der Waals surface area contributed by atoms with E-state index in [2.05, 4.69) is 5.32 Å². The van der Waals surface area contributed by atoms with Crippen molar-refractivity contribution >= 4 is 39.4 Å². The highest BCUT2D eigenvalue weighted by atomic mass is 35.5. The van der Waals surface area contributed by atoms with Crippen LogP contribution in [0.2, 0.25) is 5.02 Å². The zero-order valence-electron chi connectivity index (χ0n) is 17.3. The summed E-state index contributed by atoms with van der Waals surface area (Å²) in [5.74, 6) is -0.472. The van der Waals surface area contributed by atoms with Crippen molar-refractivity contribution in [3.05, 3.63) is 94.0 Å². The average molecular weight is 467 g/mol. The Labute approximate surface area is 191 Å². The van der Waals surface area contributed by atoms with Crippen molar-refractivity contribution in [3.63, 3.8) is 0 Å². The van der Waals surface area contributed by atoms with Gasteiger partial charge in [0.05, 0.1) is 0 Å². The van der Waals surface area contributed by atoms with Crippen LogP contribution >= 0.6 is 11.6 Å². The van der Waals surface area contributed by atoms with E-state index in [1.807, 2.05) is 19.9 Å². The Morgan fingerprint density at radius 2 is 1.69 bits per heavy atom. The molecule has 3 rings (SSSR count). The van der Waals surface area contributed by atoms with Crippen LogP contribution in [0.3, 0.4) is 0 Å². The highest BCUT2D eigenvalue weighted by Crippen LogP contribution is 2.22. The molecule has 0 aliphatic rings. The molecule has 1 N–H and O–H groups in total. The monoisotopic (exact) mass is 466 g/mol. The van der Waals surface area contributed by atoms with Gasteiger partial charge in [0.1, 0.15) is 22.3 Å². The van der Waals surface area contributed by atoms with Crippen LogP contribution in [0.25, 0.3) is 6.08 Å². The molecule has 0 unspecified atom stereocenters. The van der Waals surface area contributed by atoms with Gasteiger partial charge in [0.2, 0.25) is 0 Å². The summed E-state index contributed by atoms with van der Waals surface area (Å²) in [4.78, 5) is 12.5. The van der Waals surface area contributed by atoms with Crippen LogP contribution in [0.4, 0.5) is 5.69 Å². The fourth-order valence-corrected chi connectivity index (χ4v) is 3.84. The number of carbonyl (C=O) groups is 1. The number of carbonyl (C=O) groups excluding carboxylic acids is 1. The van der Waals surface area contributed by atoms with E-state index >= 15 is 0 Å². The van der Waals surface area contributed by atoms with E-state index in [9.17, 15) is 18.5 Å². The third kappa shape index (κ3) is 5.76. The highest BCUT2D eigenvalue weighted by molar-refractivity contribution is 7.87. The first-order valence-electron chi connectivity index (χ1n) is 9.48. The summed E-state index contributed by atoms with van der Waals surface area (Å²) < 4.78 is 30.0. The number of hydrogen-bond donors (Lipinski definition) is 1. The molecule has 0 radical (unpaired) electrons. The SMILES string of the molecule is Cc1ccc(S(=O)(=O)Oc2ccc(/C=C(\C#N)C(=O)Nc3cc(Cl)ccc3C)cc2)cc1. The van der Waals surface area contributed by atoms with Crippen molar-refractivity contribution in [3.8, 4) is 11.8 Å². The lowest BCUT2D eigenvalue weighted by molar-refractivity contribution is -0.112. The Morgan fingerprint density at radius 1 is 1.03 bits per heavy atom. The van der Waals surface area contributed by atoms with Gasteiger partial charge in [-0.05, 0) is 67.4 Å². The van der Waals surface area contributed by atoms with Gasteiger partial charge in [-0.25, -0.2) is 0 Å². The summed E-state index contributed by atoms with van der Waals surface area (Å²) >= 11 is 5.96. The number of halogens is 1. The number of amides is 1. The maximum absolute atomic E-state index is 12.5. The van der Waals surface area contributed by atoms with Gasteiger partial charge < -0.3 is 9.50 Å². The molecule has 3 aromatic carbocycles. The van der Waals surface area contributed by atoms with Crippen LogP contribution in [-0.4, -0.2) is 14.3 Å². The lowest BCUT2D eigenvalue weighted by Gasteiger charge is -2.09. The molecular formula is C24H19ClN2O4S. The van der Waals surface area contributed by atoms with Crippen molar-refractivity contribution < 1.29 is 17.4 Å². The number of nitrogens with zero attached hydrogens (tertiary/aromatic N) is 1. The second-order valence-electron chi connectivity index (χ2n) is 7.00. The lowest BCUT2D eigenvalue weighted by Crippen LogP contribution is -2.14. The minimum Gasteiger partial charge on any atom is -0.379 e. The number of aryl methyl sites for hydroxylation is 2. The molecule has 162 valence electrons. The standard InChI is InChI=1S/C24H19ClN2O4S/c1-16-3-11-22(12-4-16)32(29,30)31-21-9-6-18(7-10-21)13-19(15-26)24(28)27-23-14-20(25)8-5-17(23)2/h3-14H,1-2H3,(H,27,28)/b19-13+. The minimum atomic E-state index is -3.97. The Morgan fingerprint density at radius 3 is 2.31 bits per heavy atom. The molecule has 0 saturated carbocycles. The summed E-state index contributed by atoms with van der Waals surface area (Å²) in [5, 5.41) is 12.5. The number of nitriles is 1. The smallest absolute Gasteiger partial charge is 0.339 e. The highest BCUT2D eigenvalue weighted by Gasteiger charge is 2.16. The molecule has 0 heterocycles. The summed E-state index contributed by atoms with van der Waals surface area (Å²) in [6.07, 6.45) is 1.40. The molecule has 0 bridgehead atoms. The molecule has 0 saturated heterocycles. The van der Waals surface area contributed by atoms with Crippen LogP contribution in [-0.2, 0) is 14.9 Å². The van der Waals surface area contributed by atoms with Crippen LogP contribution in [0.15, 0.2) is 77.2 Å². The molecule has 3 aromatic rings. The van der Waals surface area contributed by atoms with Gasteiger partial charge in [-0.15, -0.1) is 0 Å². The van der Waals surface area contributed by atoms with Gasteiger partial charge in [-0.1, -0.05) is 47.5 Å². The van der Waals surface area contributed by atoms with Gasteiger partial charge in [0, 0.05) is 10.7 Å². The van der Waals surface area contributed by atoms with Gasteiger partial charge in [0.25, 0.3) is 5.91 Å². The average Bonchev–Trinajstić information content (AvgIpc) is 2.75. The van der Waals surface area contributed by atoms with Gasteiger partial charge >= 0.3 is 10.1 Å². The second-order valence-corrected chi connectivity index (χ2v) is 8.99. The van der Waals surface area contributed by atoms with E-state index in [-0.39, 0.29) is 16.2 Å². The molecule has 8 heteroatoms. The van der Waals surface area contributed by atoms with Gasteiger partial charge in [0.15, 0.2) is 0 Å². The molecular weight excluding hydrogens is 448 g/mol. The molecule has 0 aliphatic heterocycles. The predicted molar refractivity (Wildman–Crippen MR) is 124 cm³/mol. The van der Waals surface area contributed by atoms with Crippen LogP contribution in [0, 0.1) is 25.2 Å². The maximum Gasteiger partial charge on any atom is 0.339 e. The first-order chi connectivity index (χ1) is 15.2. The third-order valence-corrected chi connectivity index (χ3v) is 6.02. The van der Waals surface area contributed by atoms with E-state index in [1.165, 1.54) is 30.3 Å². The summed E-state index contributed by atoms with van der Waals surface area (Å²) in [7, 11) is -3.97. The van der Waals surface area contributed by atoms with Crippen LogP contribution in [0.1, 0.15) is 16.7 Å². The largest absolute Gasteiger partial charge is 0.379 e. The van der Waals surface area contributed by atoms with Crippen molar-refractivity contribution in [1.29, 1.82) is 5.26 Å². The fourth-order valence-electron chi connectivity index (χ4n) is 2.73. The zero-order chi connectivity index (χ0) is 23.3. The van der Waals surface area contributed by atoms with E-state index < -0.39 is 16.0 Å². The van der Waals surface area contributed by atoms with E-state index in [0.29, 0.717) is 16.3 Å². The number of rotatable bonds is 6. The number of anilines is 1. The molecule has 6 nitrogen and oxygen atoms in total. The lowest BCUT2D eigenvalue weighted by atomic mass is 10.1. The summed E-state index contributed by atoms with van der Waals surface area (Å²) in [6.45, 7) is 3.67. The van der Waals surface area contributed by atoms with Crippen molar-refractivity contribution in [2.24, 2.45) is 0 Å². The Balaban J connectivity index is 1.75. The third-order valence-electron chi connectivity index (χ3n) is 4.52. The summed E-state index contributed by atoms with van der Waals surface area (Å²) in [6, 6.07) is 19.3. The van der Waals surface area contributed by atoms with Gasteiger partial charge in [-0.2, -0.15) is 13.7 Å². The Hall–Kier alpha value is -3.60. The number of nitrogens with one attached hydrogen (secondary N) is 1. The quantitative estimate of drug-likeness (QED) is 0.303. The molecule has 0 atom stereocenters. The molecule has 32 heavy (non-hydrogen) atoms. The predicted octanol–water partition coefficient (Wildman–Crippen LogP) is 5.27. The Kier molecular flexibility index (Phi) is 6.98. The number of hydrogen-bond acceptors (Lipinski definition) is 5. The molecule has 0 spiro atoms. The minimum absolute atomic E-state index is 0.0480. The number of benzene rings is 3. The fraction of sp³-hybridized carbons (Fsp3) is 0.0833. The van der Waals surface area contributed by atoms with Crippen LogP contribution in [0.5, 0.6) is 5.75 Å². The summed E-state index contributed by atoms with van der Waals surface area (Å²) in [5.41, 5.74) is 2.65. The van der Waals surface area contributed by atoms with E-state index in [4.69, 9.17) is 15.8 Å². The van der Waals surface area contributed by atoms with Crippen molar-refractivity contribution in [2.75, 3.05) is 5.32 Å².